The molecule has 0 aromatic heterocycles. The van der Waals surface area contributed by atoms with Gasteiger partial charge in [-0.3, -0.25) is 14.9 Å². The largest absolute Gasteiger partial charge is 0.476 e. The van der Waals surface area contributed by atoms with Gasteiger partial charge in [0.25, 0.3) is 5.69 Å². The number of esters is 3. The average Bonchev–Trinajstić information content (AvgIpc) is 3.07. The topological polar surface area (TPSA) is 160 Å². The van der Waals surface area contributed by atoms with Crippen LogP contribution < -0.4 is 10.1 Å². The van der Waals surface area contributed by atoms with E-state index in [1.54, 1.807) is 96.1 Å². The Bertz CT molecular complexity index is 1790. The molecule has 264 valence electrons. The Hall–Kier alpha value is -5.49. The van der Waals surface area contributed by atoms with Crippen LogP contribution in [0.15, 0.2) is 95.3 Å². The van der Waals surface area contributed by atoms with Gasteiger partial charge >= 0.3 is 17.9 Å². The zero-order valence-corrected chi connectivity index (χ0v) is 29.7. The number of para-hydroxylation sites is 1. The highest BCUT2D eigenvalue weighted by atomic mass is 35.5. The number of hydrogen-bond donors (Lipinski definition) is 1. The van der Waals surface area contributed by atoms with Crippen molar-refractivity contribution in [3.63, 3.8) is 0 Å². The molecule has 0 atom stereocenters. The van der Waals surface area contributed by atoms with Crippen molar-refractivity contribution in [2.75, 3.05) is 14.2 Å². The van der Waals surface area contributed by atoms with E-state index >= 15 is 0 Å². The van der Waals surface area contributed by atoms with Crippen LogP contribution >= 0.6 is 11.6 Å². The van der Waals surface area contributed by atoms with Crippen LogP contribution in [0.5, 0.6) is 5.75 Å². The smallest absolute Gasteiger partial charge is 0.350 e. The molecule has 1 aliphatic heterocycles. The van der Waals surface area contributed by atoms with E-state index < -0.39 is 34.4 Å². The summed E-state index contributed by atoms with van der Waals surface area (Å²) in [6.07, 6.45) is -0.213. The molecule has 0 spiro atoms. The number of methoxy groups -OCH3 is 2. The maximum Gasteiger partial charge on any atom is 0.350 e. The third kappa shape index (κ3) is 9.35. The summed E-state index contributed by atoms with van der Waals surface area (Å²) in [5.41, 5.74) is 1.15. The highest BCUT2D eigenvalue weighted by Crippen LogP contribution is 2.42. The molecular formula is C37H39ClN2O10. The third-order valence-electron chi connectivity index (χ3n) is 7.45. The highest BCUT2D eigenvalue weighted by molar-refractivity contribution is 6.30. The first-order valence-electron chi connectivity index (χ1n) is 15.4. The summed E-state index contributed by atoms with van der Waals surface area (Å²) in [4.78, 5) is 60.1. The molecule has 0 aliphatic carbocycles. The van der Waals surface area contributed by atoms with E-state index in [-0.39, 0.29) is 34.3 Å². The molecule has 0 bridgehead atoms. The summed E-state index contributed by atoms with van der Waals surface area (Å²) >= 11 is 5.84. The van der Waals surface area contributed by atoms with E-state index in [0.717, 1.165) is 0 Å². The normalized spacial score (nSPS) is 13.1. The number of halogens is 1. The van der Waals surface area contributed by atoms with Crippen LogP contribution in [-0.4, -0.2) is 54.5 Å². The molecule has 0 saturated heterocycles. The zero-order valence-electron chi connectivity index (χ0n) is 29.0. The molecule has 12 nitrogen and oxygen atoms in total. The summed E-state index contributed by atoms with van der Waals surface area (Å²) in [5, 5.41) is 15.0. The minimum Gasteiger partial charge on any atom is -0.476 e. The lowest BCUT2D eigenvalue weighted by molar-refractivity contribution is -0.385. The van der Waals surface area contributed by atoms with Crippen molar-refractivity contribution in [1.29, 1.82) is 0 Å². The minimum atomic E-state index is -1.12. The molecule has 1 aliphatic rings. The van der Waals surface area contributed by atoms with Gasteiger partial charge in [0.2, 0.25) is 0 Å². The van der Waals surface area contributed by atoms with Crippen molar-refractivity contribution in [2.45, 2.75) is 59.2 Å². The Kier molecular flexibility index (Phi) is 13.1. The molecular weight excluding hydrogens is 668 g/mol. The van der Waals surface area contributed by atoms with Crippen molar-refractivity contribution in [3.05, 3.63) is 127 Å². The zero-order chi connectivity index (χ0) is 37.3. The SMILES string of the molecule is CC(C)OC(=O)C(C)(C)Oc1ccc(C(=O)c2ccc(Cl)cc2)cc1.COC(=O)C1=C(C)NC(C)=C(C(=O)OC)C1c1ccccc1[N+](=O)[O-]. The quantitative estimate of drug-likeness (QED) is 0.0771. The first-order valence-corrected chi connectivity index (χ1v) is 15.8. The second-order valence-corrected chi connectivity index (χ2v) is 12.3. The number of nitro benzene ring substituents is 1. The maximum atomic E-state index is 12.4. The molecule has 3 aromatic rings. The number of nitrogens with one attached hydrogen (secondary N) is 1. The van der Waals surface area contributed by atoms with Gasteiger partial charge < -0.3 is 24.3 Å². The van der Waals surface area contributed by atoms with Gasteiger partial charge in [0.1, 0.15) is 5.75 Å². The van der Waals surface area contributed by atoms with Crippen LogP contribution in [0.3, 0.4) is 0 Å². The molecule has 0 radical (unpaired) electrons. The maximum absolute atomic E-state index is 12.4. The van der Waals surface area contributed by atoms with Crippen LogP contribution in [0.2, 0.25) is 5.02 Å². The van der Waals surface area contributed by atoms with Crippen molar-refractivity contribution in [2.24, 2.45) is 0 Å². The number of nitrogens with zero attached hydrogens (tertiary/aromatic N) is 1. The monoisotopic (exact) mass is 706 g/mol. The molecule has 0 unspecified atom stereocenters. The van der Waals surface area contributed by atoms with Gasteiger partial charge in [-0.1, -0.05) is 29.8 Å². The predicted octanol–water partition coefficient (Wildman–Crippen LogP) is 6.86. The van der Waals surface area contributed by atoms with Gasteiger partial charge in [-0.2, -0.15) is 0 Å². The number of allylic oxidation sites excluding steroid dienone is 2. The lowest BCUT2D eigenvalue weighted by atomic mass is 9.79. The van der Waals surface area contributed by atoms with E-state index in [1.807, 2.05) is 0 Å². The molecule has 1 heterocycles. The Balaban J connectivity index is 0.000000270. The molecule has 1 N–H and O–H groups in total. The highest BCUT2D eigenvalue weighted by Gasteiger charge is 2.40. The van der Waals surface area contributed by atoms with Crippen LogP contribution in [0.25, 0.3) is 0 Å². The van der Waals surface area contributed by atoms with Crippen molar-refractivity contribution in [1.82, 2.24) is 5.32 Å². The van der Waals surface area contributed by atoms with Gasteiger partial charge in [-0.15, -0.1) is 0 Å². The molecule has 3 aromatic carbocycles. The van der Waals surface area contributed by atoms with Crippen LogP contribution in [0, 0.1) is 10.1 Å². The molecule has 13 heteroatoms. The van der Waals surface area contributed by atoms with Crippen LogP contribution in [-0.2, 0) is 28.6 Å². The number of carbonyl (C=O) groups is 4. The lowest BCUT2D eigenvalue weighted by Crippen LogP contribution is -2.40. The molecule has 0 fully saturated rings. The number of rotatable bonds is 10. The number of carbonyl (C=O) groups excluding carboxylic acids is 4. The average molecular weight is 707 g/mol. The molecule has 50 heavy (non-hydrogen) atoms. The Labute approximate surface area is 295 Å². The number of nitro groups is 1. The van der Waals surface area contributed by atoms with Crippen LogP contribution in [0.4, 0.5) is 5.69 Å². The Morgan fingerprint density at radius 3 is 1.76 bits per heavy atom. The van der Waals surface area contributed by atoms with Gasteiger partial charge in [0.15, 0.2) is 11.4 Å². The summed E-state index contributed by atoms with van der Waals surface area (Å²) in [5.74, 6) is -2.39. The number of ether oxygens (including phenoxy) is 4. The predicted molar refractivity (Wildman–Crippen MR) is 186 cm³/mol. The second-order valence-electron chi connectivity index (χ2n) is 11.9. The van der Waals surface area contributed by atoms with Crippen LogP contribution in [0.1, 0.15) is 68.9 Å². The number of dihydropyridines is 1. The fraction of sp³-hybridized carbons (Fsp3) is 0.297. The van der Waals surface area contributed by atoms with E-state index in [2.05, 4.69) is 5.32 Å². The van der Waals surface area contributed by atoms with Gasteiger partial charge in [-0.25, -0.2) is 14.4 Å². The Morgan fingerprint density at radius 2 is 1.30 bits per heavy atom. The van der Waals surface area contributed by atoms with E-state index in [1.165, 1.54) is 32.4 Å². The van der Waals surface area contributed by atoms with E-state index in [0.29, 0.717) is 33.3 Å². The second kappa shape index (κ2) is 16.8. The first kappa shape index (κ1) is 39.0. The molecule has 4 rings (SSSR count). The fourth-order valence-electron chi connectivity index (χ4n) is 5.10. The first-order chi connectivity index (χ1) is 23.5. The summed E-state index contributed by atoms with van der Waals surface area (Å²) in [7, 11) is 2.42. The minimum absolute atomic E-state index is 0.110. The fourth-order valence-corrected chi connectivity index (χ4v) is 5.22. The number of hydrogen-bond acceptors (Lipinski definition) is 11. The number of ketones is 1. The molecule has 0 saturated carbocycles. The van der Waals surface area contributed by atoms with Crippen molar-refractivity contribution < 1.29 is 43.0 Å². The number of benzene rings is 3. The molecule has 0 amide bonds. The van der Waals surface area contributed by atoms with Gasteiger partial charge in [-0.05, 0) is 90.1 Å². The standard InChI is InChI=1S/C20H21ClO4.C17H18N2O6/c1-13(2)24-19(23)20(3,4)25-17-11-7-15(8-12-17)18(22)14-5-9-16(21)10-6-14;1-9-13(16(20)24-3)15(14(10(2)18-9)17(21)25-4)11-7-5-6-8-12(11)19(22)23/h5-13H,1-4H3;5-8,15,18H,1-4H3. The summed E-state index contributed by atoms with van der Waals surface area (Å²) in [6, 6.07) is 19.3. The third-order valence-corrected chi connectivity index (χ3v) is 7.70. The van der Waals surface area contributed by atoms with Crippen molar-refractivity contribution >= 4 is 41.0 Å². The lowest BCUT2D eigenvalue weighted by Gasteiger charge is -2.29. The van der Waals surface area contributed by atoms with Gasteiger partial charge in [0, 0.05) is 39.2 Å². The summed E-state index contributed by atoms with van der Waals surface area (Å²) in [6.45, 7) is 10.1. The van der Waals surface area contributed by atoms with Gasteiger partial charge in [0.05, 0.1) is 42.3 Å². The Morgan fingerprint density at radius 1 is 0.820 bits per heavy atom. The van der Waals surface area contributed by atoms with Crippen molar-refractivity contribution in [3.8, 4) is 5.75 Å². The van der Waals surface area contributed by atoms with E-state index in [9.17, 15) is 29.3 Å². The summed E-state index contributed by atoms with van der Waals surface area (Å²) < 4.78 is 20.6. The van der Waals surface area contributed by atoms with E-state index in [4.69, 9.17) is 30.5 Å².